The molecule has 0 radical (unpaired) electrons. The van der Waals surface area contributed by atoms with Gasteiger partial charge in [-0.15, -0.1) is 0 Å². The minimum Gasteiger partial charge on any atom is -0.480 e. The Bertz CT molecular complexity index is 408. The van der Waals surface area contributed by atoms with E-state index in [1.807, 2.05) is 19.1 Å². The Hall–Kier alpha value is -1.42. The summed E-state index contributed by atoms with van der Waals surface area (Å²) in [5, 5.41) is 12.8. The van der Waals surface area contributed by atoms with Crippen LogP contribution in [-0.4, -0.2) is 21.6 Å². The summed E-state index contributed by atoms with van der Waals surface area (Å²) in [6, 6.07) is 3.83. The van der Waals surface area contributed by atoms with Crippen molar-refractivity contribution in [3.05, 3.63) is 30.1 Å². The zero-order valence-corrected chi connectivity index (χ0v) is 10.7. The second-order valence-corrected chi connectivity index (χ2v) is 5.14. The Labute approximate surface area is 107 Å². The number of nitrogens with one attached hydrogen (secondary N) is 1. The molecule has 18 heavy (non-hydrogen) atoms. The van der Waals surface area contributed by atoms with Crippen molar-refractivity contribution in [3.63, 3.8) is 0 Å². The lowest BCUT2D eigenvalue weighted by atomic mass is 9.73. The van der Waals surface area contributed by atoms with E-state index in [-0.39, 0.29) is 5.92 Å². The van der Waals surface area contributed by atoms with E-state index in [1.54, 1.807) is 12.4 Å². The molecule has 2 rings (SSSR count). The molecule has 1 aromatic rings. The van der Waals surface area contributed by atoms with Gasteiger partial charge in [0.2, 0.25) is 0 Å². The first-order chi connectivity index (χ1) is 8.65. The lowest BCUT2D eigenvalue weighted by Crippen LogP contribution is -2.57. The Kier molecular flexibility index (Phi) is 3.97. The van der Waals surface area contributed by atoms with Gasteiger partial charge in [-0.1, -0.05) is 25.8 Å². The molecule has 1 heterocycles. The van der Waals surface area contributed by atoms with Crippen LogP contribution < -0.4 is 5.32 Å². The Balaban J connectivity index is 2.09. The SMILES string of the molecule is CC1CCCCC1(NCc1cccnc1)C(=O)O. The molecule has 1 aliphatic rings. The van der Waals surface area contributed by atoms with Gasteiger partial charge in [0.25, 0.3) is 0 Å². The van der Waals surface area contributed by atoms with Crippen LogP contribution in [0, 0.1) is 5.92 Å². The van der Waals surface area contributed by atoms with E-state index >= 15 is 0 Å². The van der Waals surface area contributed by atoms with Crippen LogP contribution in [0.3, 0.4) is 0 Å². The standard InChI is InChI=1S/C14H20N2O2/c1-11-5-2-3-7-14(11,13(17)18)16-10-12-6-4-8-15-9-12/h4,6,8-9,11,16H,2-3,5,7,10H2,1H3,(H,17,18). The summed E-state index contributed by atoms with van der Waals surface area (Å²) in [6.45, 7) is 2.59. The van der Waals surface area contributed by atoms with E-state index in [2.05, 4.69) is 10.3 Å². The van der Waals surface area contributed by atoms with Crippen molar-refractivity contribution in [2.75, 3.05) is 0 Å². The molecule has 1 aromatic heterocycles. The lowest BCUT2D eigenvalue weighted by Gasteiger charge is -2.39. The van der Waals surface area contributed by atoms with Crippen molar-refractivity contribution in [1.29, 1.82) is 0 Å². The van der Waals surface area contributed by atoms with E-state index in [0.717, 1.165) is 24.8 Å². The third-order valence-electron chi connectivity index (χ3n) is 4.01. The summed E-state index contributed by atoms with van der Waals surface area (Å²) in [5.74, 6) is -0.556. The first-order valence-corrected chi connectivity index (χ1v) is 6.52. The van der Waals surface area contributed by atoms with Gasteiger partial charge >= 0.3 is 5.97 Å². The number of nitrogens with zero attached hydrogens (tertiary/aromatic N) is 1. The zero-order chi connectivity index (χ0) is 13.0. The third-order valence-corrected chi connectivity index (χ3v) is 4.01. The van der Waals surface area contributed by atoms with Gasteiger partial charge in [0.15, 0.2) is 0 Å². The second kappa shape index (κ2) is 5.48. The van der Waals surface area contributed by atoms with Gasteiger partial charge in [-0.25, -0.2) is 0 Å². The molecule has 0 amide bonds. The summed E-state index contributed by atoms with van der Waals surface area (Å²) in [5.41, 5.74) is 0.254. The maximum absolute atomic E-state index is 11.6. The number of carboxylic acids is 1. The molecule has 0 spiro atoms. The number of pyridine rings is 1. The van der Waals surface area contributed by atoms with Crippen LogP contribution in [0.25, 0.3) is 0 Å². The minimum atomic E-state index is -0.770. The molecule has 0 aliphatic heterocycles. The van der Waals surface area contributed by atoms with Gasteiger partial charge in [-0.3, -0.25) is 15.1 Å². The van der Waals surface area contributed by atoms with Gasteiger partial charge < -0.3 is 5.11 Å². The topological polar surface area (TPSA) is 62.2 Å². The molecule has 0 saturated heterocycles. The number of carbonyl (C=O) groups is 1. The van der Waals surface area contributed by atoms with Crippen molar-refractivity contribution in [1.82, 2.24) is 10.3 Å². The maximum Gasteiger partial charge on any atom is 0.324 e. The van der Waals surface area contributed by atoms with E-state index in [9.17, 15) is 9.90 Å². The summed E-state index contributed by atoms with van der Waals surface area (Å²) in [6.07, 6.45) is 7.30. The Morgan fingerprint density at radius 2 is 2.44 bits per heavy atom. The fourth-order valence-electron chi connectivity index (χ4n) is 2.77. The molecule has 98 valence electrons. The molecule has 1 fully saturated rings. The molecule has 2 atom stereocenters. The monoisotopic (exact) mass is 248 g/mol. The van der Waals surface area contributed by atoms with Gasteiger partial charge in [0, 0.05) is 18.9 Å². The smallest absolute Gasteiger partial charge is 0.324 e. The van der Waals surface area contributed by atoms with E-state index in [4.69, 9.17) is 0 Å². The van der Waals surface area contributed by atoms with Crippen LogP contribution in [0.1, 0.15) is 38.2 Å². The van der Waals surface area contributed by atoms with Crippen LogP contribution in [0.4, 0.5) is 0 Å². The first kappa shape index (κ1) is 13.0. The van der Waals surface area contributed by atoms with Crippen molar-refractivity contribution in [3.8, 4) is 0 Å². The Morgan fingerprint density at radius 1 is 1.61 bits per heavy atom. The van der Waals surface area contributed by atoms with Crippen LogP contribution in [0.15, 0.2) is 24.5 Å². The highest BCUT2D eigenvalue weighted by Crippen LogP contribution is 2.34. The van der Waals surface area contributed by atoms with Gasteiger partial charge in [-0.05, 0) is 30.4 Å². The molecular weight excluding hydrogens is 228 g/mol. The third kappa shape index (κ3) is 2.53. The summed E-state index contributed by atoms with van der Waals surface area (Å²) in [4.78, 5) is 15.7. The molecule has 0 aromatic carbocycles. The number of rotatable bonds is 4. The number of aliphatic carboxylic acids is 1. The molecule has 2 N–H and O–H groups in total. The summed E-state index contributed by atoms with van der Waals surface area (Å²) >= 11 is 0. The highest BCUT2D eigenvalue weighted by Gasteiger charge is 2.44. The van der Waals surface area contributed by atoms with Gasteiger partial charge in [-0.2, -0.15) is 0 Å². The number of carboxylic acid groups (broad SMARTS) is 1. The van der Waals surface area contributed by atoms with E-state index in [0.29, 0.717) is 13.0 Å². The maximum atomic E-state index is 11.6. The fourth-order valence-corrected chi connectivity index (χ4v) is 2.77. The predicted octanol–water partition coefficient (Wildman–Crippen LogP) is 2.20. The fraction of sp³-hybridized carbons (Fsp3) is 0.571. The average molecular weight is 248 g/mol. The van der Waals surface area contributed by atoms with Crippen LogP contribution in [0.2, 0.25) is 0 Å². The zero-order valence-electron chi connectivity index (χ0n) is 10.7. The number of hydrogen-bond donors (Lipinski definition) is 2. The molecule has 4 nitrogen and oxygen atoms in total. The van der Waals surface area contributed by atoms with E-state index in [1.165, 1.54) is 0 Å². The molecular formula is C14H20N2O2. The van der Waals surface area contributed by atoms with Crippen LogP contribution in [-0.2, 0) is 11.3 Å². The number of hydrogen-bond acceptors (Lipinski definition) is 3. The van der Waals surface area contributed by atoms with Crippen molar-refractivity contribution in [2.24, 2.45) is 5.92 Å². The Morgan fingerprint density at radius 3 is 3.06 bits per heavy atom. The normalized spacial score (nSPS) is 27.9. The lowest BCUT2D eigenvalue weighted by molar-refractivity contribution is -0.149. The largest absolute Gasteiger partial charge is 0.480 e. The summed E-state index contributed by atoms with van der Waals surface area (Å²) < 4.78 is 0. The van der Waals surface area contributed by atoms with Gasteiger partial charge in [0.1, 0.15) is 5.54 Å². The summed E-state index contributed by atoms with van der Waals surface area (Å²) in [7, 11) is 0. The highest BCUT2D eigenvalue weighted by atomic mass is 16.4. The molecule has 0 bridgehead atoms. The molecule has 1 aliphatic carbocycles. The van der Waals surface area contributed by atoms with Crippen molar-refractivity contribution in [2.45, 2.75) is 44.7 Å². The van der Waals surface area contributed by atoms with Gasteiger partial charge in [0.05, 0.1) is 0 Å². The first-order valence-electron chi connectivity index (χ1n) is 6.52. The van der Waals surface area contributed by atoms with Crippen LogP contribution in [0.5, 0.6) is 0 Å². The second-order valence-electron chi connectivity index (χ2n) is 5.14. The average Bonchev–Trinajstić information content (AvgIpc) is 2.39. The minimum absolute atomic E-state index is 0.167. The molecule has 2 unspecified atom stereocenters. The van der Waals surface area contributed by atoms with Crippen LogP contribution >= 0.6 is 0 Å². The van der Waals surface area contributed by atoms with E-state index < -0.39 is 11.5 Å². The predicted molar refractivity (Wildman–Crippen MR) is 69.1 cm³/mol. The van der Waals surface area contributed by atoms with Crippen molar-refractivity contribution >= 4 is 5.97 Å². The number of aromatic nitrogens is 1. The van der Waals surface area contributed by atoms with Crippen molar-refractivity contribution < 1.29 is 9.90 Å². The quantitative estimate of drug-likeness (QED) is 0.857. The highest BCUT2D eigenvalue weighted by molar-refractivity contribution is 5.79. The molecule has 4 heteroatoms. The molecule has 1 saturated carbocycles.